The van der Waals surface area contributed by atoms with Crippen LogP contribution < -0.4 is 5.73 Å². The molecule has 0 saturated carbocycles. The second-order valence-corrected chi connectivity index (χ2v) is 3.90. The first kappa shape index (κ1) is 10.8. The molecule has 0 spiro atoms. The molecular formula is C12H16N4. The van der Waals surface area contributed by atoms with E-state index >= 15 is 0 Å². The van der Waals surface area contributed by atoms with Crippen molar-refractivity contribution < 1.29 is 0 Å². The predicted octanol–water partition coefficient (Wildman–Crippen LogP) is 1.85. The summed E-state index contributed by atoms with van der Waals surface area (Å²) in [6.45, 7) is 4.03. The van der Waals surface area contributed by atoms with Crippen LogP contribution in [-0.4, -0.2) is 15.0 Å². The Kier molecular flexibility index (Phi) is 3.01. The molecule has 0 aliphatic rings. The molecule has 1 unspecified atom stereocenters. The fourth-order valence-electron chi connectivity index (χ4n) is 1.50. The van der Waals surface area contributed by atoms with Gasteiger partial charge >= 0.3 is 0 Å². The van der Waals surface area contributed by atoms with Gasteiger partial charge in [0.25, 0.3) is 0 Å². The molecule has 2 N–H and O–H groups in total. The summed E-state index contributed by atoms with van der Waals surface area (Å²) in [5.41, 5.74) is 8.87. The highest BCUT2D eigenvalue weighted by atomic mass is 15.4. The third-order valence-electron chi connectivity index (χ3n) is 2.59. The van der Waals surface area contributed by atoms with E-state index in [9.17, 15) is 0 Å². The standard InChI is InChI=1S/C12H16N4/c1-3-10-4-6-11(7-5-10)16-8-12(9(2)13)14-15-16/h4-9H,3,13H2,1-2H3. The van der Waals surface area contributed by atoms with Gasteiger partial charge in [-0.15, -0.1) is 5.10 Å². The lowest BCUT2D eigenvalue weighted by Gasteiger charge is -2.01. The Bertz CT molecular complexity index is 456. The Morgan fingerprint density at radius 3 is 2.50 bits per heavy atom. The number of benzene rings is 1. The van der Waals surface area contributed by atoms with Crippen LogP contribution in [0.15, 0.2) is 30.5 Å². The molecule has 16 heavy (non-hydrogen) atoms. The van der Waals surface area contributed by atoms with Crippen molar-refractivity contribution in [3.8, 4) is 5.69 Å². The van der Waals surface area contributed by atoms with Crippen molar-refractivity contribution in [2.24, 2.45) is 5.73 Å². The van der Waals surface area contributed by atoms with E-state index in [0.29, 0.717) is 0 Å². The molecule has 1 heterocycles. The molecule has 1 aromatic heterocycles. The lowest BCUT2D eigenvalue weighted by molar-refractivity contribution is 0.756. The van der Waals surface area contributed by atoms with Crippen LogP contribution in [0.5, 0.6) is 0 Å². The maximum atomic E-state index is 5.73. The average Bonchev–Trinajstić information content (AvgIpc) is 2.78. The van der Waals surface area contributed by atoms with Crippen molar-refractivity contribution in [2.45, 2.75) is 26.3 Å². The Hall–Kier alpha value is -1.68. The molecule has 2 rings (SSSR count). The van der Waals surface area contributed by atoms with Crippen LogP contribution in [0, 0.1) is 0 Å². The first-order valence-electron chi connectivity index (χ1n) is 5.48. The van der Waals surface area contributed by atoms with Crippen LogP contribution >= 0.6 is 0 Å². The van der Waals surface area contributed by atoms with E-state index in [-0.39, 0.29) is 6.04 Å². The summed E-state index contributed by atoms with van der Waals surface area (Å²) in [5.74, 6) is 0. The number of aromatic nitrogens is 3. The van der Waals surface area contributed by atoms with Gasteiger partial charge in [-0.3, -0.25) is 0 Å². The molecule has 0 amide bonds. The Labute approximate surface area is 95.1 Å². The van der Waals surface area contributed by atoms with Gasteiger partial charge < -0.3 is 5.73 Å². The zero-order valence-electron chi connectivity index (χ0n) is 9.59. The topological polar surface area (TPSA) is 56.7 Å². The van der Waals surface area contributed by atoms with Crippen molar-refractivity contribution in [3.05, 3.63) is 41.7 Å². The van der Waals surface area contributed by atoms with Gasteiger partial charge in [-0.1, -0.05) is 24.3 Å². The summed E-state index contributed by atoms with van der Waals surface area (Å²) < 4.78 is 1.75. The van der Waals surface area contributed by atoms with Crippen molar-refractivity contribution in [2.75, 3.05) is 0 Å². The number of nitrogens with two attached hydrogens (primary N) is 1. The van der Waals surface area contributed by atoms with Crippen LogP contribution in [0.2, 0.25) is 0 Å². The van der Waals surface area contributed by atoms with Crippen LogP contribution in [0.3, 0.4) is 0 Å². The number of aryl methyl sites for hydroxylation is 1. The van der Waals surface area contributed by atoms with Crippen molar-refractivity contribution in [1.82, 2.24) is 15.0 Å². The van der Waals surface area contributed by atoms with Crippen LogP contribution in [0.1, 0.15) is 31.1 Å². The molecule has 0 saturated heterocycles. The third kappa shape index (κ3) is 2.12. The van der Waals surface area contributed by atoms with Gasteiger partial charge in [0, 0.05) is 6.04 Å². The third-order valence-corrected chi connectivity index (χ3v) is 2.59. The predicted molar refractivity (Wildman–Crippen MR) is 63.3 cm³/mol. The molecule has 84 valence electrons. The SMILES string of the molecule is CCc1ccc(-n2cc(C(C)N)nn2)cc1. The van der Waals surface area contributed by atoms with Gasteiger partial charge in [0.15, 0.2) is 0 Å². The summed E-state index contributed by atoms with van der Waals surface area (Å²) in [4.78, 5) is 0. The van der Waals surface area contributed by atoms with E-state index in [0.717, 1.165) is 17.8 Å². The summed E-state index contributed by atoms with van der Waals surface area (Å²) in [5, 5.41) is 8.07. The van der Waals surface area contributed by atoms with E-state index in [4.69, 9.17) is 5.73 Å². The van der Waals surface area contributed by atoms with Crippen LogP contribution in [0.25, 0.3) is 5.69 Å². The van der Waals surface area contributed by atoms with E-state index in [1.54, 1.807) is 4.68 Å². The molecule has 0 fully saturated rings. The average molecular weight is 216 g/mol. The smallest absolute Gasteiger partial charge is 0.0995 e. The zero-order chi connectivity index (χ0) is 11.5. The first-order valence-corrected chi connectivity index (χ1v) is 5.48. The van der Waals surface area contributed by atoms with E-state index < -0.39 is 0 Å². The molecule has 0 radical (unpaired) electrons. The first-order chi connectivity index (χ1) is 7.70. The van der Waals surface area contributed by atoms with Gasteiger partial charge in [-0.05, 0) is 31.0 Å². The zero-order valence-corrected chi connectivity index (χ0v) is 9.59. The van der Waals surface area contributed by atoms with Gasteiger partial charge in [-0.2, -0.15) is 0 Å². The lowest BCUT2D eigenvalue weighted by atomic mass is 10.1. The van der Waals surface area contributed by atoms with Crippen LogP contribution in [-0.2, 0) is 6.42 Å². The number of nitrogens with zero attached hydrogens (tertiary/aromatic N) is 3. The molecule has 0 aliphatic carbocycles. The molecule has 1 aromatic carbocycles. The fraction of sp³-hybridized carbons (Fsp3) is 0.333. The van der Waals surface area contributed by atoms with Gasteiger partial charge in [0.05, 0.1) is 17.6 Å². The minimum Gasteiger partial charge on any atom is -0.323 e. The van der Waals surface area contributed by atoms with Crippen molar-refractivity contribution >= 4 is 0 Å². The highest BCUT2D eigenvalue weighted by Gasteiger charge is 2.05. The maximum Gasteiger partial charge on any atom is 0.0995 e. The lowest BCUT2D eigenvalue weighted by Crippen LogP contribution is -2.04. The van der Waals surface area contributed by atoms with Crippen molar-refractivity contribution in [1.29, 1.82) is 0 Å². The summed E-state index contributed by atoms with van der Waals surface area (Å²) in [6.07, 6.45) is 2.91. The minimum atomic E-state index is -0.0799. The molecule has 4 nitrogen and oxygen atoms in total. The Morgan fingerprint density at radius 1 is 1.31 bits per heavy atom. The molecular weight excluding hydrogens is 200 g/mol. The maximum absolute atomic E-state index is 5.73. The molecule has 1 atom stereocenters. The second-order valence-electron chi connectivity index (χ2n) is 3.90. The van der Waals surface area contributed by atoms with Gasteiger partial charge in [0.2, 0.25) is 0 Å². The van der Waals surface area contributed by atoms with Gasteiger partial charge in [0.1, 0.15) is 0 Å². The number of rotatable bonds is 3. The Balaban J connectivity index is 2.28. The minimum absolute atomic E-state index is 0.0799. The quantitative estimate of drug-likeness (QED) is 0.851. The van der Waals surface area contributed by atoms with Gasteiger partial charge in [-0.25, -0.2) is 4.68 Å². The number of hydrogen-bond acceptors (Lipinski definition) is 3. The monoisotopic (exact) mass is 216 g/mol. The molecule has 0 aliphatic heterocycles. The summed E-state index contributed by atoms with van der Waals surface area (Å²) in [7, 11) is 0. The van der Waals surface area contributed by atoms with E-state index in [2.05, 4.69) is 29.4 Å². The fourth-order valence-corrected chi connectivity index (χ4v) is 1.50. The van der Waals surface area contributed by atoms with E-state index in [1.807, 2.05) is 25.3 Å². The highest BCUT2D eigenvalue weighted by molar-refractivity contribution is 5.33. The molecule has 4 heteroatoms. The molecule has 0 bridgehead atoms. The largest absolute Gasteiger partial charge is 0.323 e. The summed E-state index contributed by atoms with van der Waals surface area (Å²) in [6, 6.07) is 8.20. The van der Waals surface area contributed by atoms with Crippen LogP contribution in [0.4, 0.5) is 0 Å². The Morgan fingerprint density at radius 2 is 2.00 bits per heavy atom. The number of hydrogen-bond donors (Lipinski definition) is 1. The van der Waals surface area contributed by atoms with E-state index in [1.165, 1.54) is 5.56 Å². The second kappa shape index (κ2) is 4.45. The van der Waals surface area contributed by atoms with Crippen molar-refractivity contribution in [3.63, 3.8) is 0 Å². The summed E-state index contributed by atoms with van der Waals surface area (Å²) >= 11 is 0. The molecule has 2 aromatic rings. The normalized spacial score (nSPS) is 12.7. The highest BCUT2D eigenvalue weighted by Crippen LogP contribution is 2.11.